The molecule has 0 saturated carbocycles. The van der Waals surface area contributed by atoms with Crippen molar-refractivity contribution in [2.24, 2.45) is 0 Å². The second kappa shape index (κ2) is 5.26. The van der Waals surface area contributed by atoms with Gasteiger partial charge in [0.25, 0.3) is 5.91 Å². The van der Waals surface area contributed by atoms with E-state index in [0.717, 1.165) is 16.0 Å². The molecule has 1 aliphatic heterocycles. The van der Waals surface area contributed by atoms with Crippen LogP contribution in [0.3, 0.4) is 0 Å². The molecule has 0 atom stereocenters. The first kappa shape index (κ1) is 13.1. The molecule has 0 aliphatic carbocycles. The van der Waals surface area contributed by atoms with Gasteiger partial charge >= 0.3 is 0 Å². The Kier molecular flexibility index (Phi) is 3.29. The first-order valence-electron chi connectivity index (χ1n) is 6.79. The highest BCUT2D eigenvalue weighted by molar-refractivity contribution is 6.00. The highest BCUT2D eigenvalue weighted by atomic mass is 16.2. The summed E-state index contributed by atoms with van der Waals surface area (Å²) in [6.07, 6.45) is 1.99. The monoisotopic (exact) mass is 274 g/mol. The molecule has 0 aromatic heterocycles. The van der Waals surface area contributed by atoms with Crippen molar-refractivity contribution in [2.75, 3.05) is 6.54 Å². The zero-order chi connectivity index (χ0) is 14.8. The summed E-state index contributed by atoms with van der Waals surface area (Å²) in [6, 6.07) is 17.2. The van der Waals surface area contributed by atoms with E-state index in [2.05, 4.69) is 6.07 Å². The molecule has 0 fully saturated rings. The second-order valence-corrected chi connectivity index (χ2v) is 4.99. The largest absolute Gasteiger partial charge is 0.295 e. The zero-order valence-corrected chi connectivity index (χ0v) is 11.7. The molecule has 3 nitrogen and oxygen atoms in total. The van der Waals surface area contributed by atoms with Crippen LogP contribution in [0, 0.1) is 18.3 Å². The Bertz CT molecular complexity index is 860. The molecular formula is C18H14N2O. The number of hydrogen-bond acceptors (Lipinski definition) is 2. The van der Waals surface area contributed by atoms with Crippen LogP contribution in [0.2, 0.25) is 0 Å². The molecule has 2 aromatic carbocycles. The van der Waals surface area contributed by atoms with E-state index in [1.54, 1.807) is 17.0 Å². The molecule has 102 valence electrons. The van der Waals surface area contributed by atoms with Gasteiger partial charge in [-0.1, -0.05) is 42.5 Å². The number of hydrogen-bond donors (Lipinski definition) is 0. The second-order valence-electron chi connectivity index (χ2n) is 4.99. The van der Waals surface area contributed by atoms with Crippen LogP contribution in [0.25, 0.3) is 11.8 Å². The van der Waals surface area contributed by atoms with Crippen molar-refractivity contribution < 1.29 is 4.79 Å². The first-order valence-corrected chi connectivity index (χ1v) is 6.79. The molecule has 1 amide bonds. The summed E-state index contributed by atoms with van der Waals surface area (Å²) in [5.74, 6) is -0.141. The minimum atomic E-state index is -0.141. The molecule has 0 spiro atoms. The molecule has 21 heavy (non-hydrogen) atoms. The van der Waals surface area contributed by atoms with E-state index in [1.807, 2.05) is 49.4 Å². The summed E-state index contributed by atoms with van der Waals surface area (Å²) >= 11 is 0. The van der Waals surface area contributed by atoms with Gasteiger partial charge in [0.05, 0.1) is 0 Å². The third-order valence-corrected chi connectivity index (χ3v) is 3.68. The van der Waals surface area contributed by atoms with Crippen molar-refractivity contribution in [1.29, 1.82) is 5.26 Å². The van der Waals surface area contributed by atoms with Crippen LogP contribution >= 0.6 is 0 Å². The Labute approximate surface area is 123 Å². The van der Waals surface area contributed by atoms with Gasteiger partial charge in [-0.2, -0.15) is 5.26 Å². The topological polar surface area (TPSA) is 44.1 Å². The Morgan fingerprint density at radius 1 is 1.14 bits per heavy atom. The van der Waals surface area contributed by atoms with E-state index in [4.69, 9.17) is 0 Å². The molecule has 1 aliphatic rings. The lowest BCUT2D eigenvalue weighted by molar-refractivity contribution is 0.0850. The van der Waals surface area contributed by atoms with E-state index in [0.29, 0.717) is 17.8 Å². The van der Waals surface area contributed by atoms with Crippen molar-refractivity contribution >= 4 is 17.7 Å². The quantitative estimate of drug-likeness (QED) is 0.792. The number of carbonyl (C=O) groups excluding carboxylic acids is 1. The van der Waals surface area contributed by atoms with Crippen LogP contribution in [0.1, 0.15) is 15.9 Å². The Morgan fingerprint density at radius 2 is 1.90 bits per heavy atom. The molecular weight excluding hydrogens is 260 g/mol. The number of benzene rings is 2. The van der Waals surface area contributed by atoms with Crippen LogP contribution in [0.15, 0.2) is 48.5 Å². The van der Waals surface area contributed by atoms with Crippen molar-refractivity contribution in [1.82, 2.24) is 4.90 Å². The number of rotatable bonds is 1. The summed E-state index contributed by atoms with van der Waals surface area (Å²) in [4.78, 5) is 14.2. The predicted octanol–water partition coefficient (Wildman–Crippen LogP) is 1.56. The standard InChI is InChI=1S/C18H14N2O/c1-13-6-5-9-14-10-11-20(16(12-19)17(13)14)18(21)15-7-3-2-4-8-15/h2-10H,11H2,1H3. The van der Waals surface area contributed by atoms with Crippen molar-refractivity contribution in [3.05, 3.63) is 70.1 Å². The van der Waals surface area contributed by atoms with Gasteiger partial charge < -0.3 is 0 Å². The smallest absolute Gasteiger partial charge is 0.259 e. The lowest BCUT2D eigenvalue weighted by Gasteiger charge is -2.23. The van der Waals surface area contributed by atoms with Crippen molar-refractivity contribution in [3.8, 4) is 6.07 Å². The number of nitriles is 1. The molecule has 1 heterocycles. The molecule has 0 saturated heterocycles. The Hall–Kier alpha value is -2.86. The van der Waals surface area contributed by atoms with Gasteiger partial charge in [0, 0.05) is 17.3 Å². The average molecular weight is 274 g/mol. The Morgan fingerprint density at radius 3 is 2.62 bits per heavy atom. The van der Waals surface area contributed by atoms with E-state index in [9.17, 15) is 10.1 Å². The lowest BCUT2D eigenvalue weighted by atomic mass is 10.0. The summed E-state index contributed by atoms with van der Waals surface area (Å²) in [5, 5.41) is 11.4. The fourth-order valence-corrected chi connectivity index (χ4v) is 2.64. The molecule has 0 N–H and O–H groups in total. The maximum absolute atomic E-state index is 12.6. The highest BCUT2D eigenvalue weighted by Crippen LogP contribution is 2.12. The normalized spacial score (nSPS) is 13.1. The highest BCUT2D eigenvalue weighted by Gasteiger charge is 2.22. The molecule has 0 unspecified atom stereocenters. The molecule has 0 radical (unpaired) electrons. The fourth-order valence-electron chi connectivity index (χ4n) is 2.64. The van der Waals surface area contributed by atoms with Crippen molar-refractivity contribution in [3.63, 3.8) is 0 Å². The third-order valence-electron chi connectivity index (χ3n) is 3.68. The summed E-state index contributed by atoms with van der Waals surface area (Å²) in [5.41, 5.74) is 2.03. The third kappa shape index (κ3) is 2.21. The number of fused-ring (bicyclic) bond motifs is 1. The summed E-state index contributed by atoms with van der Waals surface area (Å²) in [6.45, 7) is 2.38. The Balaban J connectivity index is 2.18. The number of carbonyl (C=O) groups is 1. The van der Waals surface area contributed by atoms with Gasteiger partial charge in [-0.05, 0) is 29.8 Å². The molecule has 3 heteroatoms. The minimum absolute atomic E-state index is 0.141. The maximum atomic E-state index is 12.6. The van der Waals surface area contributed by atoms with Gasteiger partial charge in [-0.3, -0.25) is 9.69 Å². The number of nitrogens with zero attached hydrogens (tertiary/aromatic N) is 2. The van der Waals surface area contributed by atoms with Gasteiger partial charge in [0.1, 0.15) is 11.8 Å². The minimum Gasteiger partial charge on any atom is -0.295 e. The van der Waals surface area contributed by atoms with Crippen molar-refractivity contribution in [2.45, 2.75) is 6.92 Å². The summed E-state index contributed by atoms with van der Waals surface area (Å²) in [7, 11) is 0. The van der Waals surface area contributed by atoms with Gasteiger partial charge in [-0.25, -0.2) is 0 Å². The predicted molar refractivity (Wildman–Crippen MR) is 81.4 cm³/mol. The number of aryl methyl sites for hydroxylation is 1. The van der Waals surface area contributed by atoms with Crippen LogP contribution < -0.4 is 10.4 Å². The fraction of sp³-hybridized carbons (Fsp3) is 0.111. The van der Waals surface area contributed by atoms with Crippen LogP contribution in [0.4, 0.5) is 0 Å². The van der Waals surface area contributed by atoms with Gasteiger partial charge in [0.15, 0.2) is 0 Å². The lowest BCUT2D eigenvalue weighted by Crippen LogP contribution is -2.43. The number of amides is 1. The van der Waals surface area contributed by atoms with E-state index >= 15 is 0 Å². The molecule has 2 aromatic rings. The molecule has 0 bridgehead atoms. The van der Waals surface area contributed by atoms with Crippen LogP contribution in [-0.2, 0) is 0 Å². The van der Waals surface area contributed by atoms with E-state index < -0.39 is 0 Å². The van der Waals surface area contributed by atoms with E-state index in [-0.39, 0.29) is 5.91 Å². The van der Waals surface area contributed by atoms with Crippen LogP contribution in [0.5, 0.6) is 0 Å². The van der Waals surface area contributed by atoms with Gasteiger partial charge in [-0.15, -0.1) is 0 Å². The van der Waals surface area contributed by atoms with Gasteiger partial charge in [0.2, 0.25) is 0 Å². The first-order chi connectivity index (χ1) is 10.2. The maximum Gasteiger partial charge on any atom is 0.259 e. The summed E-state index contributed by atoms with van der Waals surface area (Å²) < 4.78 is 0. The average Bonchev–Trinajstić information content (AvgIpc) is 2.54. The van der Waals surface area contributed by atoms with Crippen LogP contribution in [-0.4, -0.2) is 17.4 Å². The molecule has 3 rings (SSSR count). The SMILES string of the molecule is Cc1cccc2c1=C(C#N)N(C(=O)c1ccccc1)CC=2. The van der Waals surface area contributed by atoms with E-state index in [1.165, 1.54) is 0 Å². The zero-order valence-electron chi connectivity index (χ0n) is 11.7.